The van der Waals surface area contributed by atoms with E-state index in [1.54, 1.807) is 48.5 Å². The molecule has 1 fully saturated rings. The Morgan fingerprint density at radius 1 is 1.29 bits per heavy atom. The number of anilines is 1. The normalized spacial score (nSPS) is 15.2. The van der Waals surface area contributed by atoms with Crippen molar-refractivity contribution in [3.8, 4) is 11.5 Å². The largest absolute Gasteiger partial charge is 0.493 e. The molecule has 0 aliphatic carbocycles. The Labute approximate surface area is 175 Å². The van der Waals surface area contributed by atoms with Gasteiger partial charge in [0.15, 0.2) is 22.4 Å². The minimum Gasteiger partial charge on any atom is -0.493 e. The number of thiocarbonyl (C=S) groups is 1. The first-order valence-electron chi connectivity index (χ1n) is 7.95. The maximum atomic E-state index is 12.8. The number of carboxylic acids is 1. The number of carbonyl (C=O) groups excluding carboxylic acids is 1. The highest BCUT2D eigenvalue weighted by Crippen LogP contribution is 2.37. The summed E-state index contributed by atoms with van der Waals surface area (Å²) < 4.78 is 10.8. The molecule has 2 aromatic carbocycles. The molecule has 28 heavy (non-hydrogen) atoms. The molecular formula is C19H14ClNO5S2. The number of amides is 1. The summed E-state index contributed by atoms with van der Waals surface area (Å²) in [6, 6.07) is 11.9. The van der Waals surface area contributed by atoms with E-state index < -0.39 is 12.6 Å². The molecule has 0 radical (unpaired) electrons. The molecule has 2 aromatic rings. The number of carbonyl (C=O) groups is 2. The molecular weight excluding hydrogens is 422 g/mol. The van der Waals surface area contributed by atoms with E-state index in [0.717, 1.165) is 0 Å². The highest BCUT2D eigenvalue weighted by Gasteiger charge is 2.33. The lowest BCUT2D eigenvalue weighted by atomic mass is 10.2. The number of aliphatic carboxylic acids is 1. The first kappa shape index (κ1) is 20.2. The van der Waals surface area contributed by atoms with Gasteiger partial charge in [-0.1, -0.05) is 47.7 Å². The molecule has 3 rings (SSSR count). The number of carboxylic acid groups (broad SMARTS) is 1. The van der Waals surface area contributed by atoms with Crippen molar-refractivity contribution in [1.82, 2.24) is 0 Å². The van der Waals surface area contributed by atoms with Crippen molar-refractivity contribution in [3.05, 3.63) is 58.0 Å². The Bertz CT molecular complexity index is 992. The van der Waals surface area contributed by atoms with Crippen LogP contribution >= 0.6 is 35.6 Å². The van der Waals surface area contributed by atoms with E-state index in [1.165, 1.54) is 23.8 Å². The van der Waals surface area contributed by atoms with Crippen molar-refractivity contribution >= 4 is 63.5 Å². The van der Waals surface area contributed by atoms with Crippen molar-refractivity contribution in [3.63, 3.8) is 0 Å². The van der Waals surface area contributed by atoms with E-state index in [-0.39, 0.29) is 5.91 Å². The van der Waals surface area contributed by atoms with Crippen LogP contribution in [0.15, 0.2) is 47.4 Å². The van der Waals surface area contributed by atoms with Gasteiger partial charge in [-0.3, -0.25) is 9.69 Å². The number of hydrogen-bond acceptors (Lipinski definition) is 6. The topological polar surface area (TPSA) is 76.1 Å². The van der Waals surface area contributed by atoms with E-state index >= 15 is 0 Å². The number of thioether (sulfide) groups is 1. The minimum atomic E-state index is -1.09. The van der Waals surface area contributed by atoms with Crippen molar-refractivity contribution in [2.45, 2.75) is 0 Å². The van der Waals surface area contributed by atoms with Gasteiger partial charge in [-0.15, -0.1) is 0 Å². The van der Waals surface area contributed by atoms with Crippen molar-refractivity contribution in [2.75, 3.05) is 18.6 Å². The van der Waals surface area contributed by atoms with Crippen molar-refractivity contribution in [2.24, 2.45) is 0 Å². The number of benzene rings is 2. The predicted molar refractivity (Wildman–Crippen MR) is 113 cm³/mol. The molecule has 1 aliphatic heterocycles. The summed E-state index contributed by atoms with van der Waals surface area (Å²) in [5, 5.41) is 9.24. The Morgan fingerprint density at radius 2 is 2.07 bits per heavy atom. The van der Waals surface area contributed by atoms with E-state index in [0.29, 0.717) is 37.0 Å². The molecule has 144 valence electrons. The van der Waals surface area contributed by atoms with Gasteiger partial charge in [-0.05, 0) is 42.0 Å². The maximum Gasteiger partial charge on any atom is 0.341 e. The lowest BCUT2D eigenvalue weighted by molar-refractivity contribution is -0.139. The number of hydrogen-bond donors (Lipinski definition) is 1. The van der Waals surface area contributed by atoms with Crippen LogP contribution in [-0.2, 0) is 9.59 Å². The van der Waals surface area contributed by atoms with Gasteiger partial charge >= 0.3 is 5.97 Å². The van der Waals surface area contributed by atoms with E-state index in [2.05, 4.69) is 0 Å². The predicted octanol–water partition coefficient (Wildman–Crippen LogP) is 4.22. The van der Waals surface area contributed by atoms with Crippen LogP contribution < -0.4 is 14.4 Å². The molecule has 1 heterocycles. The monoisotopic (exact) mass is 435 g/mol. The summed E-state index contributed by atoms with van der Waals surface area (Å²) >= 11 is 12.5. The fraction of sp³-hybridized carbons (Fsp3) is 0.105. The molecule has 9 heteroatoms. The fourth-order valence-electron chi connectivity index (χ4n) is 2.49. The standard InChI is InChI=1S/C19H14ClNO5S2/c1-25-15-7-11(5-6-14(15)26-10-17(22)23)8-16-18(24)21(19(27)28-16)13-4-2-3-12(20)9-13/h2-9H,10H2,1H3,(H,22,23)/b16-8-. The van der Waals surface area contributed by atoms with Crippen LogP contribution in [0.25, 0.3) is 6.08 Å². The average molecular weight is 436 g/mol. The number of rotatable bonds is 6. The number of halogens is 1. The van der Waals surface area contributed by atoms with Crippen LogP contribution in [0.5, 0.6) is 11.5 Å². The first-order valence-corrected chi connectivity index (χ1v) is 9.55. The Morgan fingerprint density at radius 3 is 2.75 bits per heavy atom. The third-order valence-electron chi connectivity index (χ3n) is 3.70. The van der Waals surface area contributed by atoms with Crippen molar-refractivity contribution < 1.29 is 24.2 Å². The number of methoxy groups -OCH3 is 1. The first-order chi connectivity index (χ1) is 13.4. The molecule has 1 N–H and O–H groups in total. The quantitative estimate of drug-likeness (QED) is 0.537. The SMILES string of the molecule is COc1cc(/C=C2\SC(=S)N(c3cccc(Cl)c3)C2=O)ccc1OCC(=O)O. The highest BCUT2D eigenvalue weighted by atomic mass is 35.5. The molecule has 0 saturated carbocycles. The third-order valence-corrected chi connectivity index (χ3v) is 5.23. The average Bonchev–Trinajstić information content (AvgIpc) is 2.93. The summed E-state index contributed by atoms with van der Waals surface area (Å²) in [7, 11) is 1.45. The maximum absolute atomic E-state index is 12.8. The molecule has 1 saturated heterocycles. The molecule has 1 aliphatic rings. The molecule has 0 unspecified atom stereocenters. The van der Waals surface area contributed by atoms with Crippen LogP contribution in [0.1, 0.15) is 5.56 Å². The summed E-state index contributed by atoms with van der Waals surface area (Å²) in [6.45, 7) is -0.478. The van der Waals surface area contributed by atoms with Gasteiger partial charge in [0, 0.05) is 5.02 Å². The molecule has 0 bridgehead atoms. The van der Waals surface area contributed by atoms with Crippen molar-refractivity contribution in [1.29, 1.82) is 0 Å². The van der Waals surface area contributed by atoms with Crippen LogP contribution in [0, 0.1) is 0 Å². The van der Waals surface area contributed by atoms with Gasteiger partial charge in [-0.25, -0.2) is 4.79 Å². The van der Waals surface area contributed by atoms with Crippen LogP contribution in [0.4, 0.5) is 5.69 Å². The van der Waals surface area contributed by atoms with E-state index in [9.17, 15) is 9.59 Å². The van der Waals surface area contributed by atoms with Crippen LogP contribution in [0.3, 0.4) is 0 Å². The van der Waals surface area contributed by atoms with Gasteiger partial charge < -0.3 is 14.6 Å². The second-order valence-electron chi connectivity index (χ2n) is 5.59. The highest BCUT2D eigenvalue weighted by molar-refractivity contribution is 8.27. The van der Waals surface area contributed by atoms with Gasteiger partial charge in [0.2, 0.25) is 0 Å². The second-order valence-corrected chi connectivity index (χ2v) is 7.70. The molecule has 0 aromatic heterocycles. The number of nitrogens with zero attached hydrogens (tertiary/aromatic N) is 1. The van der Waals surface area contributed by atoms with Gasteiger partial charge in [-0.2, -0.15) is 0 Å². The summed E-state index contributed by atoms with van der Waals surface area (Å²) in [6.07, 6.45) is 1.69. The molecule has 1 amide bonds. The zero-order valence-corrected chi connectivity index (χ0v) is 16.9. The smallest absolute Gasteiger partial charge is 0.341 e. The molecule has 6 nitrogen and oxygen atoms in total. The van der Waals surface area contributed by atoms with Gasteiger partial charge in [0.25, 0.3) is 5.91 Å². The fourth-order valence-corrected chi connectivity index (χ4v) is 3.97. The second kappa shape index (κ2) is 8.64. The third kappa shape index (κ3) is 4.46. The Balaban J connectivity index is 1.86. The molecule has 0 atom stereocenters. The van der Waals surface area contributed by atoms with Gasteiger partial charge in [0.1, 0.15) is 0 Å². The summed E-state index contributed by atoms with van der Waals surface area (Å²) in [5.41, 5.74) is 1.29. The van der Waals surface area contributed by atoms with E-state index in [4.69, 9.17) is 38.4 Å². The lowest BCUT2D eigenvalue weighted by Gasteiger charge is -2.14. The Kier molecular flexibility index (Phi) is 6.23. The van der Waals surface area contributed by atoms with Gasteiger partial charge in [0.05, 0.1) is 17.7 Å². The van der Waals surface area contributed by atoms with Crippen LogP contribution in [0.2, 0.25) is 5.02 Å². The lowest BCUT2D eigenvalue weighted by Crippen LogP contribution is -2.27. The zero-order chi connectivity index (χ0) is 20.3. The van der Waals surface area contributed by atoms with E-state index in [1.807, 2.05) is 0 Å². The number of ether oxygens (including phenoxy) is 2. The molecule has 0 spiro atoms. The summed E-state index contributed by atoms with van der Waals surface area (Å²) in [4.78, 5) is 25.4. The zero-order valence-electron chi connectivity index (χ0n) is 14.5. The Hall–Kier alpha value is -2.55. The summed E-state index contributed by atoms with van der Waals surface area (Å²) in [5.74, 6) is -0.674. The van der Waals surface area contributed by atoms with Crippen LogP contribution in [-0.4, -0.2) is 35.0 Å². The minimum absolute atomic E-state index is 0.248.